The quantitative estimate of drug-likeness (QED) is 0.373. The van der Waals surface area contributed by atoms with Crippen LogP contribution >= 0.6 is 11.3 Å². The Labute approximate surface area is 127 Å². The summed E-state index contributed by atoms with van der Waals surface area (Å²) in [6.45, 7) is 3.17. The van der Waals surface area contributed by atoms with E-state index < -0.39 is 5.41 Å². The van der Waals surface area contributed by atoms with E-state index >= 15 is 0 Å². The Morgan fingerprint density at radius 2 is 2.29 bits per heavy atom. The van der Waals surface area contributed by atoms with Gasteiger partial charge in [0.05, 0.1) is 17.2 Å². The van der Waals surface area contributed by atoms with E-state index in [9.17, 15) is 4.79 Å². The highest BCUT2D eigenvalue weighted by Crippen LogP contribution is 2.33. The molecule has 116 valence electrons. The molecule has 3 N–H and O–H groups in total. The zero-order valence-corrected chi connectivity index (χ0v) is 13.0. The predicted molar refractivity (Wildman–Crippen MR) is 79.2 cm³/mol. The Bertz CT molecular complexity index is 537. The molecule has 2 heterocycles. The van der Waals surface area contributed by atoms with Crippen molar-refractivity contribution in [1.82, 2.24) is 9.88 Å². The number of ether oxygens (including phenoxy) is 1. The molecule has 0 aromatic carbocycles. The van der Waals surface area contributed by atoms with Crippen LogP contribution in [0.1, 0.15) is 23.5 Å². The number of amidine groups is 1. The van der Waals surface area contributed by atoms with Gasteiger partial charge in [-0.05, 0) is 19.8 Å². The first-order chi connectivity index (χ1) is 9.99. The number of hydrogen-bond acceptors (Lipinski definition) is 6. The Balaban J connectivity index is 2.17. The lowest BCUT2D eigenvalue weighted by Gasteiger charge is -2.37. The number of aryl methyl sites for hydroxylation is 1. The van der Waals surface area contributed by atoms with E-state index in [1.165, 1.54) is 0 Å². The number of aromatic nitrogens is 1. The molecule has 0 radical (unpaired) electrons. The summed E-state index contributed by atoms with van der Waals surface area (Å²) in [7, 11) is 1.71. The molecular formula is C13H20N4O3S. The van der Waals surface area contributed by atoms with E-state index in [1.54, 1.807) is 23.3 Å². The van der Waals surface area contributed by atoms with Gasteiger partial charge in [-0.25, -0.2) is 4.98 Å². The molecule has 7 nitrogen and oxygen atoms in total. The van der Waals surface area contributed by atoms with Crippen LogP contribution in [0.25, 0.3) is 0 Å². The molecule has 1 aromatic heterocycles. The van der Waals surface area contributed by atoms with E-state index in [0.717, 1.165) is 10.7 Å². The normalized spacial score (nSPS) is 18.5. The van der Waals surface area contributed by atoms with E-state index in [0.29, 0.717) is 32.6 Å². The summed E-state index contributed by atoms with van der Waals surface area (Å²) >= 11 is 1.55. The Hall–Kier alpha value is -1.67. The zero-order valence-electron chi connectivity index (χ0n) is 12.2. The first-order valence-corrected chi connectivity index (χ1v) is 7.60. The van der Waals surface area contributed by atoms with E-state index in [4.69, 9.17) is 15.7 Å². The number of carbonyl (C=O) groups is 1. The minimum absolute atomic E-state index is 0.0443. The first kappa shape index (κ1) is 15.7. The van der Waals surface area contributed by atoms with Crippen LogP contribution in [0.3, 0.4) is 0 Å². The third kappa shape index (κ3) is 3.16. The highest BCUT2D eigenvalue weighted by Gasteiger charge is 2.46. The second-order valence-corrected chi connectivity index (χ2v) is 6.26. The smallest absolute Gasteiger partial charge is 0.236 e. The molecule has 0 saturated carbocycles. The van der Waals surface area contributed by atoms with Gasteiger partial charge in [0.15, 0.2) is 5.84 Å². The van der Waals surface area contributed by atoms with E-state index in [2.05, 4.69) is 10.1 Å². The van der Waals surface area contributed by atoms with Crippen LogP contribution in [-0.4, -0.2) is 47.1 Å². The number of amides is 1. The average molecular weight is 312 g/mol. The minimum atomic E-state index is -0.979. The van der Waals surface area contributed by atoms with Gasteiger partial charge >= 0.3 is 0 Å². The summed E-state index contributed by atoms with van der Waals surface area (Å²) in [5, 5.41) is 15.0. The number of hydrogen-bond donors (Lipinski definition) is 2. The van der Waals surface area contributed by atoms with Gasteiger partial charge in [0.2, 0.25) is 5.91 Å². The van der Waals surface area contributed by atoms with E-state index in [1.807, 2.05) is 12.3 Å². The molecule has 0 atom stereocenters. The van der Waals surface area contributed by atoms with Crippen molar-refractivity contribution in [2.24, 2.45) is 16.3 Å². The molecule has 0 bridgehead atoms. The lowest BCUT2D eigenvalue weighted by molar-refractivity contribution is -0.141. The molecule has 0 aliphatic carbocycles. The zero-order chi connectivity index (χ0) is 15.5. The molecule has 1 aliphatic rings. The van der Waals surface area contributed by atoms with Crippen LogP contribution in [0.15, 0.2) is 10.5 Å². The molecule has 1 aliphatic heterocycles. The van der Waals surface area contributed by atoms with Crippen LogP contribution in [0.5, 0.6) is 0 Å². The van der Waals surface area contributed by atoms with E-state index in [-0.39, 0.29) is 11.7 Å². The molecule has 8 heteroatoms. The van der Waals surface area contributed by atoms with Crippen molar-refractivity contribution < 1.29 is 14.7 Å². The molecular weight excluding hydrogens is 292 g/mol. The summed E-state index contributed by atoms with van der Waals surface area (Å²) in [5.41, 5.74) is 5.67. The predicted octanol–water partition coefficient (Wildman–Crippen LogP) is 0.953. The monoisotopic (exact) mass is 312 g/mol. The Morgan fingerprint density at radius 1 is 1.62 bits per heavy atom. The molecule has 1 amide bonds. The van der Waals surface area contributed by atoms with Crippen LogP contribution < -0.4 is 5.73 Å². The third-order valence-corrected chi connectivity index (χ3v) is 4.59. The van der Waals surface area contributed by atoms with Gasteiger partial charge in [-0.15, -0.1) is 11.3 Å². The van der Waals surface area contributed by atoms with Gasteiger partial charge in [0.25, 0.3) is 0 Å². The number of oxime groups is 1. The number of nitrogens with two attached hydrogens (primary N) is 1. The van der Waals surface area contributed by atoms with Crippen LogP contribution in [0, 0.1) is 12.3 Å². The standard InChI is InChI=1S/C13H20N4O3S/c1-9-15-10(8-21-9)7-17(2)12(18)13(11(14)16-19)3-5-20-6-4-13/h8,19H,3-7H2,1-2H3,(H2,14,16). The molecule has 1 fully saturated rings. The highest BCUT2D eigenvalue weighted by atomic mass is 32.1. The Kier molecular flexibility index (Phi) is 4.79. The summed E-state index contributed by atoms with van der Waals surface area (Å²) < 4.78 is 5.30. The molecule has 21 heavy (non-hydrogen) atoms. The summed E-state index contributed by atoms with van der Waals surface area (Å²) in [5.74, 6) is -0.205. The highest BCUT2D eigenvalue weighted by molar-refractivity contribution is 7.09. The van der Waals surface area contributed by atoms with Gasteiger partial charge in [-0.3, -0.25) is 4.79 Å². The van der Waals surface area contributed by atoms with Crippen molar-refractivity contribution in [3.63, 3.8) is 0 Å². The topological polar surface area (TPSA) is 101 Å². The lowest BCUT2D eigenvalue weighted by atomic mass is 9.77. The van der Waals surface area contributed by atoms with Gasteiger partial charge < -0.3 is 20.6 Å². The second-order valence-electron chi connectivity index (χ2n) is 5.20. The maximum absolute atomic E-state index is 12.8. The van der Waals surface area contributed by atoms with Crippen LogP contribution in [0.4, 0.5) is 0 Å². The van der Waals surface area contributed by atoms with Gasteiger partial charge in [-0.2, -0.15) is 0 Å². The van der Waals surface area contributed by atoms with Crippen molar-refractivity contribution in [2.75, 3.05) is 20.3 Å². The van der Waals surface area contributed by atoms with Gasteiger partial charge in [0, 0.05) is 25.6 Å². The van der Waals surface area contributed by atoms with Crippen molar-refractivity contribution in [1.29, 1.82) is 0 Å². The summed E-state index contributed by atoms with van der Waals surface area (Å²) in [6, 6.07) is 0. The number of rotatable bonds is 4. The largest absolute Gasteiger partial charge is 0.409 e. The van der Waals surface area contributed by atoms with Crippen LogP contribution in [-0.2, 0) is 16.1 Å². The molecule has 1 saturated heterocycles. The molecule has 0 spiro atoms. The molecule has 1 aromatic rings. The third-order valence-electron chi connectivity index (χ3n) is 3.77. The maximum Gasteiger partial charge on any atom is 0.236 e. The number of nitrogens with zero attached hydrogens (tertiary/aromatic N) is 3. The maximum atomic E-state index is 12.8. The first-order valence-electron chi connectivity index (χ1n) is 6.72. The minimum Gasteiger partial charge on any atom is -0.409 e. The fraction of sp³-hybridized carbons (Fsp3) is 0.615. The van der Waals surface area contributed by atoms with Crippen LogP contribution in [0.2, 0.25) is 0 Å². The number of carbonyl (C=O) groups excluding carboxylic acids is 1. The fourth-order valence-corrected chi connectivity index (χ4v) is 3.16. The van der Waals surface area contributed by atoms with Gasteiger partial charge in [-0.1, -0.05) is 5.16 Å². The molecule has 2 rings (SSSR count). The van der Waals surface area contributed by atoms with Gasteiger partial charge in [0.1, 0.15) is 5.41 Å². The summed E-state index contributed by atoms with van der Waals surface area (Å²) in [6.07, 6.45) is 0.838. The van der Waals surface area contributed by atoms with Crippen molar-refractivity contribution in [3.05, 3.63) is 16.1 Å². The molecule has 0 unspecified atom stereocenters. The summed E-state index contributed by atoms with van der Waals surface area (Å²) in [4.78, 5) is 18.7. The van der Waals surface area contributed by atoms with Crippen molar-refractivity contribution in [3.8, 4) is 0 Å². The number of thiazole rings is 1. The SMILES string of the molecule is Cc1nc(CN(C)C(=O)C2(C(N)=NO)CCOCC2)cs1. The van der Waals surface area contributed by atoms with Crippen molar-refractivity contribution in [2.45, 2.75) is 26.3 Å². The second kappa shape index (κ2) is 6.40. The van der Waals surface area contributed by atoms with Crippen molar-refractivity contribution >= 4 is 23.1 Å². The fourth-order valence-electron chi connectivity index (χ4n) is 2.56. The lowest BCUT2D eigenvalue weighted by Crippen LogP contribution is -2.53. The Morgan fingerprint density at radius 3 is 2.81 bits per heavy atom. The average Bonchev–Trinajstić information content (AvgIpc) is 2.91.